The van der Waals surface area contributed by atoms with Crippen LogP contribution in [0.25, 0.3) is 6.08 Å². The van der Waals surface area contributed by atoms with Crippen molar-refractivity contribution in [1.29, 1.82) is 0 Å². The van der Waals surface area contributed by atoms with E-state index in [-0.39, 0.29) is 11.4 Å². The third kappa shape index (κ3) is 2.75. The van der Waals surface area contributed by atoms with Gasteiger partial charge in [0, 0.05) is 0 Å². The molecule has 0 radical (unpaired) electrons. The minimum absolute atomic E-state index is 0.104. The van der Waals surface area contributed by atoms with Crippen LogP contribution in [-0.4, -0.2) is 18.1 Å². The smallest absolute Gasteiger partial charge is 0.322 e. The monoisotopic (exact) mass is 237 g/mol. The summed E-state index contributed by atoms with van der Waals surface area (Å²) in [6.07, 6.45) is 1.43. The van der Waals surface area contributed by atoms with Gasteiger partial charge in [0.25, 0.3) is 0 Å². The summed E-state index contributed by atoms with van der Waals surface area (Å²) in [5.41, 5.74) is 0.315. The van der Waals surface area contributed by atoms with Crippen molar-refractivity contribution >= 4 is 11.8 Å². The molecule has 5 heteroatoms. The fraction of sp³-hybridized carbons (Fsp3) is 0.333. The van der Waals surface area contributed by atoms with Gasteiger partial charge in [0.2, 0.25) is 5.75 Å². The molecule has 0 saturated carbocycles. The van der Waals surface area contributed by atoms with Gasteiger partial charge in [-0.05, 0) is 26.0 Å². The maximum Gasteiger partial charge on any atom is 0.322 e. The van der Waals surface area contributed by atoms with Gasteiger partial charge in [-0.1, -0.05) is 12.7 Å². The molecule has 0 aliphatic heterocycles. The average molecular weight is 237 g/mol. The molecular formula is C12H15NO4. The number of hydrogen-bond acceptors (Lipinski definition) is 4. The number of hydrogen-bond donors (Lipinski definition) is 0. The van der Waals surface area contributed by atoms with E-state index in [1.165, 1.54) is 6.08 Å². The topological polar surface area (TPSA) is 61.6 Å². The van der Waals surface area contributed by atoms with Crippen molar-refractivity contribution in [3.05, 3.63) is 34.4 Å². The quantitative estimate of drug-likeness (QED) is 0.563. The van der Waals surface area contributed by atoms with Gasteiger partial charge < -0.3 is 9.47 Å². The second-order valence-electron chi connectivity index (χ2n) is 3.16. The average Bonchev–Trinajstić information content (AvgIpc) is 2.31. The first kappa shape index (κ1) is 13.0. The first-order chi connectivity index (χ1) is 8.15. The van der Waals surface area contributed by atoms with Crippen molar-refractivity contribution < 1.29 is 14.4 Å². The van der Waals surface area contributed by atoms with Crippen LogP contribution in [0.15, 0.2) is 18.7 Å². The summed E-state index contributed by atoms with van der Waals surface area (Å²) in [5.74, 6) is 0.545. The van der Waals surface area contributed by atoms with Gasteiger partial charge in [0.15, 0.2) is 5.75 Å². The predicted molar refractivity (Wildman–Crippen MR) is 65.5 cm³/mol. The molecule has 0 N–H and O–H groups in total. The predicted octanol–water partition coefficient (Wildman–Crippen LogP) is 3.04. The lowest BCUT2D eigenvalue weighted by molar-refractivity contribution is -0.386. The van der Waals surface area contributed by atoms with Crippen LogP contribution >= 0.6 is 0 Å². The summed E-state index contributed by atoms with van der Waals surface area (Å²) < 4.78 is 10.6. The van der Waals surface area contributed by atoms with Crippen LogP contribution in [0.5, 0.6) is 11.5 Å². The zero-order chi connectivity index (χ0) is 12.8. The fourth-order valence-electron chi connectivity index (χ4n) is 1.47. The lowest BCUT2D eigenvalue weighted by Gasteiger charge is -2.12. The first-order valence-electron chi connectivity index (χ1n) is 5.35. The van der Waals surface area contributed by atoms with Crippen LogP contribution in [0.4, 0.5) is 5.69 Å². The Morgan fingerprint density at radius 1 is 1.35 bits per heavy atom. The molecule has 0 heterocycles. The Kier molecular flexibility index (Phi) is 4.51. The van der Waals surface area contributed by atoms with E-state index in [0.717, 1.165) is 0 Å². The normalized spacial score (nSPS) is 9.76. The Morgan fingerprint density at radius 2 is 2.00 bits per heavy atom. The van der Waals surface area contributed by atoms with Crippen LogP contribution in [0.3, 0.4) is 0 Å². The fourth-order valence-corrected chi connectivity index (χ4v) is 1.47. The Bertz CT molecular complexity index is 429. The Hall–Kier alpha value is -2.04. The van der Waals surface area contributed by atoms with E-state index >= 15 is 0 Å². The van der Waals surface area contributed by atoms with Crippen molar-refractivity contribution in [1.82, 2.24) is 0 Å². The molecule has 0 fully saturated rings. The zero-order valence-electron chi connectivity index (χ0n) is 9.93. The summed E-state index contributed by atoms with van der Waals surface area (Å²) in [6, 6.07) is 3.25. The molecule has 17 heavy (non-hydrogen) atoms. The van der Waals surface area contributed by atoms with Crippen molar-refractivity contribution in [3.63, 3.8) is 0 Å². The highest BCUT2D eigenvalue weighted by Crippen LogP contribution is 2.40. The third-order valence-corrected chi connectivity index (χ3v) is 2.12. The maximum atomic E-state index is 11.1. The van der Waals surface area contributed by atoms with E-state index in [9.17, 15) is 10.1 Å². The molecule has 1 rings (SSSR count). The molecule has 0 atom stereocenters. The molecule has 0 spiro atoms. The van der Waals surface area contributed by atoms with Gasteiger partial charge >= 0.3 is 5.69 Å². The van der Waals surface area contributed by atoms with Gasteiger partial charge in [-0.15, -0.1) is 0 Å². The Labute approximate surface area is 99.8 Å². The number of rotatable bonds is 6. The maximum absolute atomic E-state index is 11.1. The van der Waals surface area contributed by atoms with Crippen molar-refractivity contribution in [2.24, 2.45) is 0 Å². The Morgan fingerprint density at radius 3 is 2.47 bits per heavy atom. The lowest BCUT2D eigenvalue weighted by Crippen LogP contribution is -2.03. The van der Waals surface area contributed by atoms with Gasteiger partial charge in [-0.25, -0.2) is 0 Å². The Balaban J connectivity index is 3.41. The molecule has 1 aromatic carbocycles. The molecule has 1 aromatic rings. The summed E-state index contributed by atoms with van der Waals surface area (Å²) in [6.45, 7) is 7.88. The molecule has 0 aromatic heterocycles. The molecule has 0 unspecified atom stereocenters. The molecule has 0 aliphatic rings. The lowest BCUT2D eigenvalue weighted by atomic mass is 10.1. The summed E-state index contributed by atoms with van der Waals surface area (Å²) in [7, 11) is 0. The highest BCUT2D eigenvalue weighted by Gasteiger charge is 2.24. The summed E-state index contributed by atoms with van der Waals surface area (Å²) >= 11 is 0. The van der Waals surface area contributed by atoms with E-state index < -0.39 is 4.92 Å². The molecule has 0 saturated heterocycles. The molecule has 0 amide bonds. The summed E-state index contributed by atoms with van der Waals surface area (Å²) in [5, 5.41) is 11.1. The number of nitrogens with zero attached hydrogens (tertiary/aromatic N) is 1. The first-order valence-corrected chi connectivity index (χ1v) is 5.35. The van der Waals surface area contributed by atoms with Crippen molar-refractivity contribution in [2.75, 3.05) is 13.2 Å². The van der Waals surface area contributed by atoms with Gasteiger partial charge in [-0.2, -0.15) is 0 Å². The second kappa shape index (κ2) is 5.89. The van der Waals surface area contributed by atoms with E-state index in [0.29, 0.717) is 24.5 Å². The molecule has 0 bridgehead atoms. The molecule has 0 aliphatic carbocycles. The molecular weight excluding hydrogens is 222 g/mol. The SMILES string of the molecule is C=Cc1ccc(OCC)c(OCC)c1[N+](=O)[O-]. The second-order valence-corrected chi connectivity index (χ2v) is 3.16. The van der Waals surface area contributed by atoms with Crippen LogP contribution < -0.4 is 9.47 Å². The van der Waals surface area contributed by atoms with Crippen LogP contribution in [-0.2, 0) is 0 Å². The van der Waals surface area contributed by atoms with E-state index in [1.54, 1.807) is 19.1 Å². The third-order valence-electron chi connectivity index (χ3n) is 2.12. The van der Waals surface area contributed by atoms with Crippen molar-refractivity contribution in [2.45, 2.75) is 13.8 Å². The number of nitro benzene ring substituents is 1. The van der Waals surface area contributed by atoms with Crippen LogP contribution in [0, 0.1) is 10.1 Å². The standard InChI is InChI=1S/C12H15NO4/c1-4-9-7-8-10(16-5-2)12(17-6-3)11(9)13(14)15/h4,7-8H,1,5-6H2,2-3H3. The minimum atomic E-state index is -0.482. The number of benzene rings is 1. The van der Waals surface area contributed by atoms with Gasteiger partial charge in [0.05, 0.1) is 23.7 Å². The van der Waals surface area contributed by atoms with Gasteiger partial charge in [-0.3, -0.25) is 10.1 Å². The van der Waals surface area contributed by atoms with Crippen molar-refractivity contribution in [3.8, 4) is 11.5 Å². The van der Waals surface area contributed by atoms with E-state index in [4.69, 9.17) is 9.47 Å². The van der Waals surface area contributed by atoms with Crippen LogP contribution in [0.1, 0.15) is 19.4 Å². The number of ether oxygens (including phenoxy) is 2. The molecule has 5 nitrogen and oxygen atoms in total. The highest BCUT2D eigenvalue weighted by molar-refractivity contribution is 5.69. The van der Waals surface area contributed by atoms with Crippen LogP contribution in [0.2, 0.25) is 0 Å². The van der Waals surface area contributed by atoms with Gasteiger partial charge in [0.1, 0.15) is 0 Å². The molecule has 92 valence electrons. The largest absolute Gasteiger partial charge is 0.490 e. The van der Waals surface area contributed by atoms with E-state index in [1.807, 2.05) is 6.92 Å². The zero-order valence-corrected chi connectivity index (χ0v) is 9.93. The summed E-state index contributed by atoms with van der Waals surface area (Å²) in [4.78, 5) is 10.6. The highest BCUT2D eigenvalue weighted by atomic mass is 16.6. The number of nitro groups is 1. The minimum Gasteiger partial charge on any atom is -0.490 e. The van der Waals surface area contributed by atoms with E-state index in [2.05, 4.69) is 6.58 Å².